The zero-order chi connectivity index (χ0) is 26.5. The van der Waals surface area contributed by atoms with E-state index in [2.05, 4.69) is 25.9 Å². The maximum Gasteiger partial charge on any atom is 0.326 e. The van der Waals surface area contributed by atoms with Gasteiger partial charge in [-0.1, -0.05) is 0 Å². The summed E-state index contributed by atoms with van der Waals surface area (Å²) < 4.78 is 0. The van der Waals surface area contributed by atoms with Crippen molar-refractivity contribution in [1.82, 2.24) is 25.9 Å². The van der Waals surface area contributed by atoms with Crippen LogP contribution in [-0.4, -0.2) is 86.5 Å². The molecule has 4 atom stereocenters. The summed E-state index contributed by atoms with van der Waals surface area (Å²) in [5.74, 6) is -5.62. The normalized spacial score (nSPS) is 14.1. The van der Waals surface area contributed by atoms with E-state index in [0.29, 0.717) is 5.69 Å². The Kier molecular flexibility index (Phi) is 11.8. The Labute approximate surface area is 199 Å². The Morgan fingerprint density at radius 2 is 1.40 bits per heavy atom. The monoisotopic (exact) mass is 498 g/mol. The number of rotatable bonds is 16. The zero-order valence-corrected chi connectivity index (χ0v) is 18.7. The summed E-state index contributed by atoms with van der Waals surface area (Å²) in [6.07, 6.45) is 1.44. The summed E-state index contributed by atoms with van der Waals surface area (Å²) in [6.45, 7) is -0.706. The Hall–Kier alpha value is -4.05. The average molecular weight is 498 g/mol. The molecule has 1 rings (SSSR count). The number of nitrogens with two attached hydrogens (primary N) is 3. The second-order valence-electron chi connectivity index (χ2n) is 7.60. The van der Waals surface area contributed by atoms with E-state index in [1.54, 1.807) is 0 Å². The van der Waals surface area contributed by atoms with Gasteiger partial charge in [-0.25, -0.2) is 9.78 Å². The molecule has 12 N–H and O–H groups in total. The maximum atomic E-state index is 12.9. The Morgan fingerprint density at radius 1 is 0.886 bits per heavy atom. The van der Waals surface area contributed by atoms with Crippen LogP contribution >= 0.6 is 0 Å². The van der Waals surface area contributed by atoms with Crippen LogP contribution in [0.15, 0.2) is 12.5 Å². The van der Waals surface area contributed by atoms with Gasteiger partial charge in [0.2, 0.25) is 29.5 Å². The minimum absolute atomic E-state index is 0.146. The third kappa shape index (κ3) is 10.6. The summed E-state index contributed by atoms with van der Waals surface area (Å²) in [7, 11) is 0. The Morgan fingerprint density at radius 3 is 1.89 bits per heavy atom. The van der Waals surface area contributed by atoms with Crippen molar-refractivity contribution in [2.45, 2.75) is 56.3 Å². The number of carbonyl (C=O) groups excluding carboxylic acids is 5. The number of H-pyrrole nitrogens is 1. The molecule has 5 amide bonds. The molecule has 1 aromatic heterocycles. The molecule has 0 saturated carbocycles. The molecule has 0 fully saturated rings. The fraction of sp³-hybridized carbons (Fsp3) is 0.526. The second-order valence-corrected chi connectivity index (χ2v) is 7.60. The van der Waals surface area contributed by atoms with Crippen LogP contribution < -0.4 is 33.2 Å². The number of aromatic nitrogens is 2. The molecule has 194 valence electrons. The number of aliphatic hydroxyl groups is 1. The van der Waals surface area contributed by atoms with Gasteiger partial charge in [-0.3, -0.25) is 24.0 Å². The zero-order valence-electron chi connectivity index (χ0n) is 18.7. The van der Waals surface area contributed by atoms with Gasteiger partial charge in [0.05, 0.1) is 12.9 Å². The predicted molar refractivity (Wildman–Crippen MR) is 118 cm³/mol. The van der Waals surface area contributed by atoms with Gasteiger partial charge in [-0.15, -0.1) is 0 Å². The van der Waals surface area contributed by atoms with Crippen molar-refractivity contribution in [3.05, 3.63) is 18.2 Å². The van der Waals surface area contributed by atoms with Crippen molar-refractivity contribution in [1.29, 1.82) is 0 Å². The van der Waals surface area contributed by atoms with Crippen molar-refractivity contribution in [2.75, 3.05) is 6.61 Å². The van der Waals surface area contributed by atoms with Gasteiger partial charge in [0, 0.05) is 31.2 Å². The van der Waals surface area contributed by atoms with Crippen molar-refractivity contribution < 1.29 is 39.0 Å². The number of hydrogen-bond donors (Lipinski definition) is 9. The molecule has 35 heavy (non-hydrogen) atoms. The molecule has 0 bridgehead atoms. The largest absolute Gasteiger partial charge is 0.480 e. The third-order valence-corrected chi connectivity index (χ3v) is 4.75. The van der Waals surface area contributed by atoms with E-state index in [1.165, 1.54) is 12.5 Å². The SMILES string of the molecule is NC(=O)CCC(NC(=O)C(Cc1cnc[nH]1)NC(=O)C(CCC(N)=O)NC(=O)C(N)CO)C(=O)O. The number of nitrogens with zero attached hydrogens (tertiary/aromatic N) is 1. The highest BCUT2D eigenvalue weighted by atomic mass is 16.4. The summed E-state index contributed by atoms with van der Waals surface area (Å²) in [6, 6.07) is -5.51. The van der Waals surface area contributed by atoms with Crippen molar-refractivity contribution in [2.24, 2.45) is 17.2 Å². The molecule has 16 nitrogen and oxygen atoms in total. The number of hydrogen-bond acceptors (Lipinski definition) is 9. The average Bonchev–Trinajstić information content (AvgIpc) is 3.30. The van der Waals surface area contributed by atoms with Crippen LogP contribution in [0.25, 0.3) is 0 Å². The van der Waals surface area contributed by atoms with Crippen molar-refractivity contribution >= 4 is 35.5 Å². The summed E-state index contributed by atoms with van der Waals surface area (Å²) in [4.78, 5) is 78.1. The van der Waals surface area contributed by atoms with Crippen molar-refractivity contribution in [3.8, 4) is 0 Å². The van der Waals surface area contributed by atoms with E-state index in [0.717, 1.165) is 0 Å². The Bertz CT molecular complexity index is 907. The minimum Gasteiger partial charge on any atom is -0.480 e. The van der Waals surface area contributed by atoms with E-state index in [4.69, 9.17) is 22.3 Å². The van der Waals surface area contributed by atoms with Crippen molar-refractivity contribution in [3.63, 3.8) is 0 Å². The lowest BCUT2D eigenvalue weighted by atomic mass is 10.1. The van der Waals surface area contributed by atoms with Gasteiger partial charge >= 0.3 is 5.97 Å². The molecule has 0 aliphatic rings. The van der Waals surface area contributed by atoms with Gasteiger partial charge in [0.1, 0.15) is 24.2 Å². The van der Waals surface area contributed by atoms with Crippen LogP contribution in [0.1, 0.15) is 31.4 Å². The standard InChI is InChI=1S/C19H30N8O8/c20-10(7-28)16(31)25-11(1-3-14(21)29)17(32)27-13(5-9-6-23-8-24-9)18(33)26-12(19(34)35)2-4-15(22)30/h6,8,10-13,28H,1-5,7,20H2,(H2,21,29)(H2,22,30)(H,23,24)(H,25,31)(H,26,33)(H,27,32)(H,34,35). The molecule has 0 spiro atoms. The smallest absolute Gasteiger partial charge is 0.326 e. The highest BCUT2D eigenvalue weighted by Gasteiger charge is 2.31. The third-order valence-electron chi connectivity index (χ3n) is 4.75. The quantitative estimate of drug-likeness (QED) is 0.105. The molecule has 0 radical (unpaired) electrons. The summed E-state index contributed by atoms with van der Waals surface area (Å²) in [5.41, 5.74) is 16.0. The first-order valence-electron chi connectivity index (χ1n) is 10.5. The topological polar surface area (TPSA) is 286 Å². The lowest BCUT2D eigenvalue weighted by Crippen LogP contribution is -2.58. The van der Waals surface area contributed by atoms with Crippen LogP contribution in [-0.2, 0) is 35.2 Å². The van der Waals surface area contributed by atoms with Gasteiger partial charge in [0.25, 0.3) is 0 Å². The molecular weight excluding hydrogens is 468 g/mol. The lowest BCUT2D eigenvalue weighted by molar-refractivity contribution is -0.142. The number of nitrogens with one attached hydrogen (secondary N) is 4. The van der Waals surface area contributed by atoms with Crippen LogP contribution in [0.5, 0.6) is 0 Å². The van der Waals surface area contributed by atoms with Crippen LogP contribution in [0.3, 0.4) is 0 Å². The first kappa shape index (κ1) is 29.0. The van der Waals surface area contributed by atoms with E-state index in [-0.39, 0.29) is 32.1 Å². The summed E-state index contributed by atoms with van der Waals surface area (Å²) >= 11 is 0. The molecule has 16 heteroatoms. The number of carboxylic acid groups (broad SMARTS) is 1. The van der Waals surface area contributed by atoms with E-state index < -0.39 is 66.3 Å². The molecule has 1 heterocycles. The van der Waals surface area contributed by atoms with Gasteiger partial charge in [-0.2, -0.15) is 0 Å². The number of amides is 5. The van der Waals surface area contributed by atoms with E-state index in [1.807, 2.05) is 0 Å². The van der Waals surface area contributed by atoms with Crippen LogP contribution in [0.2, 0.25) is 0 Å². The van der Waals surface area contributed by atoms with Crippen LogP contribution in [0, 0.1) is 0 Å². The number of aliphatic carboxylic acids is 1. The highest BCUT2D eigenvalue weighted by Crippen LogP contribution is 2.05. The summed E-state index contributed by atoms with van der Waals surface area (Å²) in [5, 5.41) is 25.3. The number of carboxylic acids is 1. The number of aromatic amines is 1. The van der Waals surface area contributed by atoms with Crippen LogP contribution in [0.4, 0.5) is 0 Å². The minimum atomic E-state index is -1.47. The molecule has 0 aromatic carbocycles. The number of aliphatic hydroxyl groups excluding tert-OH is 1. The first-order chi connectivity index (χ1) is 16.4. The first-order valence-corrected chi connectivity index (χ1v) is 10.5. The molecule has 0 saturated heterocycles. The Balaban J connectivity index is 3.07. The lowest BCUT2D eigenvalue weighted by Gasteiger charge is -2.24. The number of imidazole rings is 1. The fourth-order valence-electron chi connectivity index (χ4n) is 2.83. The number of primary amides is 2. The van der Waals surface area contributed by atoms with E-state index in [9.17, 15) is 33.9 Å². The van der Waals surface area contributed by atoms with E-state index >= 15 is 0 Å². The predicted octanol–water partition coefficient (Wildman–Crippen LogP) is -4.66. The molecule has 0 aliphatic heterocycles. The van der Waals surface area contributed by atoms with Gasteiger partial charge < -0.3 is 48.3 Å². The molecule has 0 aliphatic carbocycles. The molecule has 4 unspecified atom stereocenters. The van der Waals surface area contributed by atoms with Gasteiger partial charge in [-0.05, 0) is 12.8 Å². The number of carbonyl (C=O) groups is 6. The van der Waals surface area contributed by atoms with Gasteiger partial charge in [0.15, 0.2) is 0 Å². The highest BCUT2D eigenvalue weighted by molar-refractivity contribution is 5.94. The molecule has 1 aromatic rings. The maximum absolute atomic E-state index is 12.9. The molecular formula is C19H30N8O8. The fourth-order valence-corrected chi connectivity index (χ4v) is 2.83. The second kappa shape index (κ2) is 14.3.